The molecule has 0 saturated heterocycles. The van der Waals surface area contributed by atoms with Crippen LogP contribution in [0.2, 0.25) is 0 Å². The maximum atomic E-state index is 11.5. The van der Waals surface area contributed by atoms with Crippen molar-refractivity contribution >= 4 is 15.8 Å². The molecule has 0 unspecified atom stereocenters. The molecule has 82 valence electrons. The van der Waals surface area contributed by atoms with Crippen LogP contribution in [0, 0.1) is 0 Å². The van der Waals surface area contributed by atoms with E-state index in [4.69, 9.17) is 0 Å². The largest absolute Gasteiger partial charge is 0.295 e. The van der Waals surface area contributed by atoms with Gasteiger partial charge in [0.1, 0.15) is 0 Å². The molecule has 0 aliphatic heterocycles. The second-order valence-electron chi connectivity index (χ2n) is 2.87. The average Bonchev–Trinajstić information content (AvgIpc) is 2.18. The monoisotopic (exact) mass is 229 g/mol. The predicted molar refractivity (Wildman–Crippen MR) is 53.8 cm³/mol. The van der Waals surface area contributed by atoms with Crippen LogP contribution >= 0.6 is 0 Å². The lowest BCUT2D eigenvalue weighted by atomic mass is 10.2. The molecule has 0 aliphatic rings. The molecule has 1 aromatic rings. The standard InChI is InChI=1S/C9H11NO4S/c1-7(11)8-4-3-5-9(6-8)15(12,13)10-14-2/h3-6,10H,1-2H3. The minimum Gasteiger partial charge on any atom is -0.295 e. The van der Waals surface area contributed by atoms with Crippen LogP contribution in [-0.2, 0) is 14.9 Å². The molecule has 5 nitrogen and oxygen atoms in total. The number of sulfonamides is 1. The van der Waals surface area contributed by atoms with Gasteiger partial charge in [-0.25, -0.2) is 8.42 Å². The fraction of sp³-hybridized carbons (Fsp3) is 0.222. The number of carbonyl (C=O) groups excluding carboxylic acids is 1. The van der Waals surface area contributed by atoms with Gasteiger partial charge in [0, 0.05) is 5.56 Å². The van der Waals surface area contributed by atoms with Crippen LogP contribution in [0.4, 0.5) is 0 Å². The Bertz CT molecular complexity index is 467. The van der Waals surface area contributed by atoms with Gasteiger partial charge in [-0.05, 0) is 19.1 Å². The predicted octanol–water partition coefficient (Wildman–Crippen LogP) is 0.729. The van der Waals surface area contributed by atoms with Crippen LogP contribution in [0.25, 0.3) is 0 Å². The van der Waals surface area contributed by atoms with Crippen LogP contribution in [-0.4, -0.2) is 21.3 Å². The average molecular weight is 229 g/mol. The molecule has 0 amide bonds. The summed E-state index contributed by atoms with van der Waals surface area (Å²) in [6.45, 7) is 1.37. The van der Waals surface area contributed by atoms with Crippen LogP contribution in [0.3, 0.4) is 0 Å². The van der Waals surface area contributed by atoms with E-state index >= 15 is 0 Å². The summed E-state index contributed by atoms with van der Waals surface area (Å²) in [6.07, 6.45) is 0. The van der Waals surface area contributed by atoms with Gasteiger partial charge < -0.3 is 0 Å². The topological polar surface area (TPSA) is 72.5 Å². The molecule has 0 spiro atoms. The Morgan fingerprint density at radius 1 is 1.40 bits per heavy atom. The molecule has 0 atom stereocenters. The molecule has 0 fully saturated rings. The van der Waals surface area contributed by atoms with Gasteiger partial charge in [-0.1, -0.05) is 17.0 Å². The van der Waals surface area contributed by atoms with E-state index in [2.05, 4.69) is 4.84 Å². The van der Waals surface area contributed by atoms with E-state index in [1.54, 1.807) is 6.07 Å². The molecule has 0 bridgehead atoms. The third kappa shape index (κ3) is 2.85. The lowest BCUT2D eigenvalue weighted by Gasteiger charge is -2.04. The molecule has 0 aromatic heterocycles. The molecule has 15 heavy (non-hydrogen) atoms. The number of carbonyl (C=O) groups is 1. The quantitative estimate of drug-likeness (QED) is 0.610. The molecule has 1 rings (SSSR count). The van der Waals surface area contributed by atoms with Crippen molar-refractivity contribution in [3.05, 3.63) is 29.8 Å². The van der Waals surface area contributed by atoms with Crippen molar-refractivity contribution in [2.24, 2.45) is 0 Å². The fourth-order valence-corrected chi connectivity index (χ4v) is 1.90. The van der Waals surface area contributed by atoms with Gasteiger partial charge in [0.2, 0.25) is 0 Å². The molecular formula is C9H11NO4S. The van der Waals surface area contributed by atoms with Crippen LogP contribution in [0.1, 0.15) is 17.3 Å². The third-order valence-electron chi connectivity index (χ3n) is 1.74. The summed E-state index contributed by atoms with van der Waals surface area (Å²) in [7, 11) is -2.49. The number of ketones is 1. The Hall–Kier alpha value is -1.24. The van der Waals surface area contributed by atoms with Gasteiger partial charge in [0.15, 0.2) is 5.78 Å². The second kappa shape index (κ2) is 4.52. The molecular weight excluding hydrogens is 218 g/mol. The summed E-state index contributed by atoms with van der Waals surface area (Å²) in [5, 5.41) is 0. The highest BCUT2D eigenvalue weighted by atomic mass is 32.2. The highest BCUT2D eigenvalue weighted by molar-refractivity contribution is 7.89. The van der Waals surface area contributed by atoms with E-state index in [0.717, 1.165) is 0 Å². The third-order valence-corrected chi connectivity index (χ3v) is 3.00. The number of hydrogen-bond donors (Lipinski definition) is 1. The Morgan fingerprint density at radius 2 is 2.07 bits per heavy atom. The summed E-state index contributed by atoms with van der Waals surface area (Å²) in [4.78, 5) is 17.2. The van der Waals surface area contributed by atoms with Gasteiger partial charge in [-0.2, -0.15) is 0 Å². The summed E-state index contributed by atoms with van der Waals surface area (Å²) >= 11 is 0. The lowest BCUT2D eigenvalue weighted by molar-refractivity contribution is 0.101. The molecule has 1 N–H and O–H groups in total. The molecule has 1 aromatic carbocycles. The summed E-state index contributed by atoms with van der Waals surface area (Å²) in [6, 6.07) is 5.73. The van der Waals surface area contributed by atoms with Crippen molar-refractivity contribution in [2.75, 3.05) is 7.11 Å². The SMILES string of the molecule is CONS(=O)(=O)c1cccc(C(C)=O)c1. The molecule has 6 heteroatoms. The molecule has 0 heterocycles. The van der Waals surface area contributed by atoms with Crippen molar-refractivity contribution in [2.45, 2.75) is 11.8 Å². The number of benzene rings is 1. The first-order valence-electron chi connectivity index (χ1n) is 4.13. The van der Waals surface area contributed by atoms with Crippen LogP contribution < -0.4 is 4.89 Å². The number of hydrogen-bond acceptors (Lipinski definition) is 4. The van der Waals surface area contributed by atoms with Crippen molar-refractivity contribution in [3.63, 3.8) is 0 Å². The fourth-order valence-electron chi connectivity index (χ4n) is 1.04. The van der Waals surface area contributed by atoms with Gasteiger partial charge in [-0.15, -0.1) is 0 Å². The van der Waals surface area contributed by atoms with Crippen molar-refractivity contribution < 1.29 is 18.0 Å². The van der Waals surface area contributed by atoms with Crippen LogP contribution in [0.5, 0.6) is 0 Å². The smallest absolute Gasteiger partial charge is 0.262 e. The summed E-state index contributed by atoms with van der Waals surface area (Å²) < 4.78 is 22.9. The maximum absolute atomic E-state index is 11.5. The van der Waals surface area contributed by atoms with E-state index in [9.17, 15) is 13.2 Å². The van der Waals surface area contributed by atoms with E-state index < -0.39 is 10.0 Å². The number of Topliss-reactive ketones (excluding diaryl/α,β-unsaturated/α-hetero) is 1. The molecule has 0 aliphatic carbocycles. The molecule has 0 radical (unpaired) electrons. The first kappa shape index (κ1) is 11.8. The van der Waals surface area contributed by atoms with Crippen molar-refractivity contribution in [1.29, 1.82) is 0 Å². The zero-order valence-corrected chi connectivity index (χ0v) is 9.17. The summed E-state index contributed by atoms with van der Waals surface area (Å²) in [5.41, 5.74) is 0.342. The highest BCUT2D eigenvalue weighted by Gasteiger charge is 2.14. The Labute approximate surface area is 88.1 Å². The Kier molecular flexibility index (Phi) is 3.57. The first-order chi connectivity index (χ1) is 6.97. The minimum atomic E-state index is -3.69. The zero-order valence-electron chi connectivity index (χ0n) is 8.35. The Balaban J connectivity index is 3.16. The van der Waals surface area contributed by atoms with Crippen molar-refractivity contribution in [3.8, 4) is 0 Å². The van der Waals surface area contributed by atoms with Crippen LogP contribution in [0.15, 0.2) is 29.2 Å². The minimum absolute atomic E-state index is 0.00273. The van der Waals surface area contributed by atoms with Gasteiger partial charge in [0.05, 0.1) is 12.0 Å². The van der Waals surface area contributed by atoms with E-state index in [0.29, 0.717) is 5.56 Å². The van der Waals surface area contributed by atoms with E-state index in [-0.39, 0.29) is 10.7 Å². The van der Waals surface area contributed by atoms with Gasteiger partial charge in [-0.3, -0.25) is 9.63 Å². The van der Waals surface area contributed by atoms with Gasteiger partial charge in [0.25, 0.3) is 10.0 Å². The molecule has 0 saturated carbocycles. The summed E-state index contributed by atoms with van der Waals surface area (Å²) in [5.74, 6) is -0.190. The maximum Gasteiger partial charge on any atom is 0.262 e. The Morgan fingerprint density at radius 3 is 2.60 bits per heavy atom. The van der Waals surface area contributed by atoms with E-state index in [1.165, 1.54) is 32.2 Å². The number of nitrogens with one attached hydrogen (secondary N) is 1. The zero-order chi connectivity index (χ0) is 11.5. The lowest BCUT2D eigenvalue weighted by Crippen LogP contribution is -2.22. The first-order valence-corrected chi connectivity index (χ1v) is 5.61. The highest BCUT2D eigenvalue weighted by Crippen LogP contribution is 2.11. The second-order valence-corrected chi connectivity index (χ2v) is 4.52. The number of rotatable bonds is 4. The normalized spacial score (nSPS) is 11.3. The van der Waals surface area contributed by atoms with E-state index in [1.807, 2.05) is 4.89 Å². The van der Waals surface area contributed by atoms with Crippen molar-refractivity contribution in [1.82, 2.24) is 4.89 Å². The van der Waals surface area contributed by atoms with Gasteiger partial charge >= 0.3 is 0 Å².